The number of nitrogens with zero attached hydrogens (tertiary/aromatic N) is 3. The molecular weight excluding hydrogens is 368 g/mol. The average molecular weight is 391 g/mol. The van der Waals surface area contributed by atoms with Crippen molar-refractivity contribution in [1.82, 2.24) is 19.4 Å². The van der Waals surface area contributed by atoms with Crippen LogP contribution >= 0.6 is 11.6 Å². The molecule has 0 radical (unpaired) electrons. The minimum Gasteiger partial charge on any atom is -0.364 e. The van der Waals surface area contributed by atoms with Gasteiger partial charge in [-0.05, 0) is 55.3 Å². The molecule has 5 heteroatoms. The lowest BCUT2D eigenvalue weighted by Crippen LogP contribution is -2.25. The number of halogens is 1. The molecule has 2 aromatic carbocycles. The topological polar surface area (TPSA) is 36.9 Å². The van der Waals surface area contributed by atoms with Gasteiger partial charge < -0.3 is 9.55 Å². The highest BCUT2D eigenvalue weighted by Crippen LogP contribution is 2.33. The monoisotopic (exact) mass is 390 g/mol. The van der Waals surface area contributed by atoms with Gasteiger partial charge in [-0.15, -0.1) is 0 Å². The van der Waals surface area contributed by atoms with Gasteiger partial charge in [0, 0.05) is 23.5 Å². The number of hydrogen-bond acceptors (Lipinski definition) is 2. The number of hydrogen-bond donors (Lipinski definition) is 1. The summed E-state index contributed by atoms with van der Waals surface area (Å²) < 4.78 is 2.34. The molecule has 1 aliphatic rings. The Morgan fingerprint density at radius 1 is 1.04 bits per heavy atom. The van der Waals surface area contributed by atoms with E-state index in [1.807, 2.05) is 18.3 Å². The van der Waals surface area contributed by atoms with Crippen LogP contribution in [-0.4, -0.2) is 26.0 Å². The zero-order chi connectivity index (χ0) is 18.9. The van der Waals surface area contributed by atoms with Gasteiger partial charge in [-0.25, -0.2) is 4.98 Å². The van der Waals surface area contributed by atoms with Crippen molar-refractivity contribution in [2.75, 3.05) is 6.54 Å². The van der Waals surface area contributed by atoms with E-state index in [9.17, 15) is 0 Å². The summed E-state index contributed by atoms with van der Waals surface area (Å²) in [5, 5.41) is 0.730. The molecule has 3 heterocycles. The van der Waals surface area contributed by atoms with E-state index in [-0.39, 0.29) is 0 Å². The van der Waals surface area contributed by atoms with Gasteiger partial charge in [0.1, 0.15) is 5.82 Å². The summed E-state index contributed by atoms with van der Waals surface area (Å²) in [4.78, 5) is 10.9. The predicted octanol–water partition coefficient (Wildman–Crippen LogP) is 5.40. The van der Waals surface area contributed by atoms with Crippen LogP contribution in [0.5, 0.6) is 0 Å². The normalized spacial score (nSPS) is 17.5. The molecule has 0 saturated carbocycles. The van der Waals surface area contributed by atoms with E-state index in [0.717, 1.165) is 41.5 Å². The Balaban J connectivity index is 1.52. The van der Waals surface area contributed by atoms with Crippen LogP contribution in [0.3, 0.4) is 0 Å². The van der Waals surface area contributed by atoms with Crippen LogP contribution in [0.1, 0.15) is 36.0 Å². The van der Waals surface area contributed by atoms with Crippen LogP contribution in [0, 0.1) is 0 Å². The zero-order valence-electron chi connectivity index (χ0n) is 15.7. The van der Waals surface area contributed by atoms with E-state index in [2.05, 4.69) is 63.0 Å². The molecule has 1 N–H and O–H groups in total. The van der Waals surface area contributed by atoms with Gasteiger partial charge in [-0.2, -0.15) is 0 Å². The Bertz CT molecular complexity index is 1070. The van der Waals surface area contributed by atoms with Crippen molar-refractivity contribution < 1.29 is 0 Å². The van der Waals surface area contributed by atoms with Crippen LogP contribution in [0.4, 0.5) is 0 Å². The Labute approximate surface area is 169 Å². The van der Waals surface area contributed by atoms with Crippen LogP contribution in [0.2, 0.25) is 5.02 Å². The zero-order valence-corrected chi connectivity index (χ0v) is 16.4. The molecule has 0 spiro atoms. The number of aromatic amines is 1. The quantitative estimate of drug-likeness (QED) is 0.495. The molecule has 2 aromatic heterocycles. The Kier molecular flexibility index (Phi) is 4.67. The molecule has 1 saturated heterocycles. The summed E-state index contributed by atoms with van der Waals surface area (Å²) in [6.07, 6.45) is 4.41. The summed E-state index contributed by atoms with van der Waals surface area (Å²) in [6.45, 7) is 2.75. The first-order valence-corrected chi connectivity index (χ1v) is 10.2. The van der Waals surface area contributed by atoms with Crippen LogP contribution in [-0.2, 0) is 13.1 Å². The lowest BCUT2D eigenvalue weighted by Gasteiger charge is -2.24. The van der Waals surface area contributed by atoms with Gasteiger partial charge in [-0.3, -0.25) is 4.90 Å². The molecule has 1 atom stereocenters. The minimum atomic E-state index is 0.434. The fraction of sp³-hybridized carbons (Fsp3) is 0.261. The summed E-state index contributed by atoms with van der Waals surface area (Å²) in [5.74, 6) is 1.10. The first-order chi connectivity index (χ1) is 13.8. The highest BCUT2D eigenvalue weighted by atomic mass is 35.5. The van der Waals surface area contributed by atoms with Gasteiger partial charge in [0.25, 0.3) is 0 Å². The van der Waals surface area contributed by atoms with Crippen LogP contribution in [0.25, 0.3) is 11.0 Å². The third-order valence-corrected chi connectivity index (χ3v) is 5.90. The highest BCUT2D eigenvalue weighted by Gasteiger charge is 2.28. The Hall–Kier alpha value is -2.56. The third kappa shape index (κ3) is 3.34. The van der Waals surface area contributed by atoms with Crippen molar-refractivity contribution in [2.24, 2.45) is 0 Å². The molecule has 0 amide bonds. The molecule has 142 valence electrons. The number of benzene rings is 2. The maximum atomic E-state index is 6.24. The van der Waals surface area contributed by atoms with Gasteiger partial charge >= 0.3 is 0 Å². The second-order valence-corrected chi connectivity index (χ2v) is 7.92. The SMILES string of the molecule is Clc1ccc2c(c1)nc(CN1CCCC1c1ccc[nH]1)n2Cc1ccccc1. The molecule has 0 bridgehead atoms. The van der Waals surface area contributed by atoms with Crippen molar-refractivity contribution in [3.63, 3.8) is 0 Å². The number of H-pyrrole nitrogens is 1. The van der Waals surface area contributed by atoms with Crippen molar-refractivity contribution in [1.29, 1.82) is 0 Å². The summed E-state index contributed by atoms with van der Waals surface area (Å²) in [5.41, 5.74) is 4.68. The molecule has 4 aromatic rings. The van der Waals surface area contributed by atoms with Gasteiger partial charge in [0.05, 0.1) is 23.6 Å². The summed E-state index contributed by atoms with van der Waals surface area (Å²) >= 11 is 6.24. The number of imidazole rings is 1. The molecule has 0 aliphatic carbocycles. The van der Waals surface area contributed by atoms with Gasteiger partial charge in [0.2, 0.25) is 0 Å². The van der Waals surface area contributed by atoms with E-state index in [4.69, 9.17) is 16.6 Å². The van der Waals surface area contributed by atoms with Crippen molar-refractivity contribution in [3.05, 3.63) is 89.0 Å². The molecular formula is C23H23ClN4. The number of fused-ring (bicyclic) bond motifs is 1. The highest BCUT2D eigenvalue weighted by molar-refractivity contribution is 6.31. The molecule has 28 heavy (non-hydrogen) atoms. The van der Waals surface area contributed by atoms with Crippen LogP contribution in [0.15, 0.2) is 66.9 Å². The molecule has 5 rings (SSSR count). The van der Waals surface area contributed by atoms with E-state index in [1.165, 1.54) is 24.1 Å². The summed E-state index contributed by atoms with van der Waals surface area (Å²) in [7, 11) is 0. The van der Waals surface area contributed by atoms with Crippen molar-refractivity contribution in [2.45, 2.75) is 32.0 Å². The second kappa shape index (κ2) is 7.46. The fourth-order valence-electron chi connectivity index (χ4n) is 4.32. The molecule has 1 fully saturated rings. The van der Waals surface area contributed by atoms with Crippen molar-refractivity contribution in [3.8, 4) is 0 Å². The molecule has 1 aliphatic heterocycles. The van der Waals surface area contributed by atoms with Gasteiger partial charge in [0.15, 0.2) is 0 Å². The molecule has 4 nitrogen and oxygen atoms in total. The van der Waals surface area contributed by atoms with E-state index >= 15 is 0 Å². The number of likely N-dealkylation sites (tertiary alicyclic amines) is 1. The third-order valence-electron chi connectivity index (χ3n) is 5.66. The lowest BCUT2D eigenvalue weighted by molar-refractivity contribution is 0.236. The number of aromatic nitrogens is 3. The standard InChI is InChI=1S/C23H23ClN4/c24-18-10-11-22-20(14-18)26-23(28(22)15-17-6-2-1-3-7-17)16-27-13-5-9-21(27)19-8-4-12-25-19/h1-4,6-8,10-12,14,21,25H,5,9,13,15-16H2. The number of nitrogens with one attached hydrogen (secondary N) is 1. The van der Waals surface area contributed by atoms with Crippen molar-refractivity contribution >= 4 is 22.6 Å². The predicted molar refractivity (Wildman–Crippen MR) is 113 cm³/mol. The Morgan fingerprint density at radius 3 is 2.75 bits per heavy atom. The fourth-order valence-corrected chi connectivity index (χ4v) is 4.48. The van der Waals surface area contributed by atoms with Gasteiger partial charge in [-0.1, -0.05) is 41.9 Å². The number of rotatable bonds is 5. The maximum absolute atomic E-state index is 6.24. The maximum Gasteiger partial charge on any atom is 0.124 e. The second-order valence-electron chi connectivity index (χ2n) is 7.49. The molecule has 1 unspecified atom stereocenters. The first kappa shape index (κ1) is 17.5. The lowest BCUT2D eigenvalue weighted by atomic mass is 10.1. The van der Waals surface area contributed by atoms with E-state index < -0.39 is 0 Å². The summed E-state index contributed by atoms with van der Waals surface area (Å²) in [6, 6.07) is 21.3. The smallest absolute Gasteiger partial charge is 0.124 e. The first-order valence-electron chi connectivity index (χ1n) is 9.84. The largest absolute Gasteiger partial charge is 0.364 e. The van der Waals surface area contributed by atoms with E-state index in [1.54, 1.807) is 0 Å². The average Bonchev–Trinajstić information content (AvgIpc) is 3.44. The van der Waals surface area contributed by atoms with Crippen LogP contribution < -0.4 is 0 Å². The minimum absolute atomic E-state index is 0.434. The Morgan fingerprint density at radius 2 is 1.93 bits per heavy atom. The van der Waals surface area contributed by atoms with E-state index in [0.29, 0.717) is 6.04 Å².